The van der Waals surface area contributed by atoms with Crippen molar-refractivity contribution in [1.29, 1.82) is 0 Å². The molecule has 0 aromatic heterocycles. The highest BCUT2D eigenvalue weighted by Crippen LogP contribution is 2.05. The lowest BCUT2D eigenvalue weighted by atomic mass is 10.1. The molecule has 0 heterocycles. The van der Waals surface area contributed by atoms with Gasteiger partial charge < -0.3 is 0 Å². The second-order valence-electron chi connectivity index (χ2n) is 4.08. The molecular formula is C14H22O3. The third-order valence-electron chi connectivity index (χ3n) is 1.94. The third-order valence-corrected chi connectivity index (χ3v) is 1.94. The molecule has 0 N–H and O–H groups in total. The van der Waals surface area contributed by atoms with Gasteiger partial charge in [-0.2, -0.15) is 0 Å². The Morgan fingerprint density at radius 2 is 1.41 bits per heavy atom. The molecule has 17 heavy (non-hydrogen) atoms. The molecule has 0 unspecified atom stereocenters. The van der Waals surface area contributed by atoms with Crippen LogP contribution in [0.3, 0.4) is 0 Å². The number of hydrogen-bond acceptors (Lipinski definition) is 3. The Bertz CT molecular complexity index is 306. The molecule has 0 amide bonds. The van der Waals surface area contributed by atoms with E-state index in [1.807, 2.05) is 6.92 Å². The van der Waals surface area contributed by atoms with Crippen molar-refractivity contribution in [2.75, 3.05) is 0 Å². The van der Waals surface area contributed by atoms with Gasteiger partial charge in [0.25, 0.3) is 0 Å². The van der Waals surface area contributed by atoms with Gasteiger partial charge in [-0.1, -0.05) is 17.2 Å². The lowest BCUT2D eigenvalue weighted by Crippen LogP contribution is -2.01. The zero-order chi connectivity index (χ0) is 13.8. The first-order valence-corrected chi connectivity index (χ1v) is 5.57. The van der Waals surface area contributed by atoms with E-state index in [1.54, 1.807) is 6.08 Å². The number of Topliss-reactive ketones (excluding diaryl/α,β-unsaturated/α-hetero) is 2. The summed E-state index contributed by atoms with van der Waals surface area (Å²) >= 11 is 0. The average molecular weight is 238 g/mol. The predicted molar refractivity (Wildman–Crippen MR) is 69.8 cm³/mol. The molecule has 0 atom stereocenters. The molecule has 3 nitrogen and oxygen atoms in total. The van der Waals surface area contributed by atoms with E-state index in [9.17, 15) is 14.4 Å². The van der Waals surface area contributed by atoms with Crippen LogP contribution in [0.1, 0.15) is 47.5 Å². The monoisotopic (exact) mass is 238 g/mol. The smallest absolute Gasteiger partial charge is 0.195 e. The largest absolute Gasteiger partial charge is 0.299 e. The van der Waals surface area contributed by atoms with Gasteiger partial charge in [0.1, 0.15) is 6.29 Å². The van der Waals surface area contributed by atoms with Gasteiger partial charge in [0, 0.05) is 13.8 Å². The first-order chi connectivity index (χ1) is 7.81. The molecule has 0 fully saturated rings. The summed E-state index contributed by atoms with van der Waals surface area (Å²) in [6.07, 6.45) is 6.68. The highest BCUT2D eigenvalue weighted by atomic mass is 16.2. The minimum absolute atomic E-state index is 0.380. The fourth-order valence-corrected chi connectivity index (χ4v) is 0.788. The van der Waals surface area contributed by atoms with Crippen LogP contribution in [0, 0.1) is 0 Å². The van der Waals surface area contributed by atoms with Crippen LogP contribution < -0.4 is 0 Å². The van der Waals surface area contributed by atoms with Crippen LogP contribution in [0.15, 0.2) is 23.3 Å². The molecule has 0 aromatic rings. The number of allylic oxidation sites excluding steroid dienone is 4. The molecule has 3 heteroatoms. The van der Waals surface area contributed by atoms with Crippen LogP contribution in [-0.4, -0.2) is 17.9 Å². The van der Waals surface area contributed by atoms with Crippen molar-refractivity contribution >= 4 is 17.9 Å². The van der Waals surface area contributed by atoms with Gasteiger partial charge in [-0.3, -0.25) is 14.4 Å². The van der Waals surface area contributed by atoms with E-state index >= 15 is 0 Å². The van der Waals surface area contributed by atoms with Gasteiger partial charge in [0.15, 0.2) is 11.6 Å². The average Bonchev–Trinajstić information content (AvgIpc) is 2.18. The van der Waals surface area contributed by atoms with Crippen molar-refractivity contribution < 1.29 is 14.4 Å². The maximum absolute atomic E-state index is 10.0. The molecule has 0 aliphatic heterocycles. The predicted octanol–water partition coefficient (Wildman–Crippen LogP) is 3.04. The second-order valence-corrected chi connectivity index (χ2v) is 4.08. The quantitative estimate of drug-likeness (QED) is 0.320. The van der Waals surface area contributed by atoms with Crippen molar-refractivity contribution in [3.05, 3.63) is 23.3 Å². The van der Waals surface area contributed by atoms with E-state index < -0.39 is 0 Å². The molecule has 0 saturated heterocycles. The highest BCUT2D eigenvalue weighted by Gasteiger charge is 1.94. The molecule has 96 valence electrons. The minimum atomic E-state index is -0.380. The number of carbonyl (C=O) groups excluding carboxylic acids is 3. The normalized spacial score (nSPS) is 9.82. The SMILES string of the molecule is CC(=O)C(C)=O.CC(C)=CCC/C(C)=C/C=O. The van der Waals surface area contributed by atoms with Gasteiger partial charge >= 0.3 is 0 Å². The summed E-state index contributed by atoms with van der Waals surface area (Å²) in [5.41, 5.74) is 2.49. The van der Waals surface area contributed by atoms with Crippen LogP contribution in [0.2, 0.25) is 0 Å². The molecular weight excluding hydrogens is 216 g/mol. The zero-order valence-corrected chi connectivity index (χ0v) is 11.4. The van der Waals surface area contributed by atoms with Crippen LogP contribution in [0.5, 0.6) is 0 Å². The molecule has 0 aliphatic rings. The van der Waals surface area contributed by atoms with E-state index in [-0.39, 0.29) is 11.6 Å². The summed E-state index contributed by atoms with van der Waals surface area (Å²) in [7, 11) is 0. The van der Waals surface area contributed by atoms with Crippen LogP contribution in [0.25, 0.3) is 0 Å². The number of ketones is 2. The minimum Gasteiger partial charge on any atom is -0.299 e. The maximum atomic E-state index is 10.0. The molecule has 0 spiro atoms. The Kier molecular flexibility index (Phi) is 11.6. The lowest BCUT2D eigenvalue weighted by Gasteiger charge is -1.94. The summed E-state index contributed by atoms with van der Waals surface area (Å²) in [4.78, 5) is 29.6. The van der Waals surface area contributed by atoms with Gasteiger partial charge in [-0.25, -0.2) is 0 Å². The van der Waals surface area contributed by atoms with E-state index in [4.69, 9.17) is 0 Å². The van der Waals surface area contributed by atoms with E-state index in [1.165, 1.54) is 19.4 Å². The molecule has 0 saturated carbocycles. The van der Waals surface area contributed by atoms with E-state index in [0.717, 1.165) is 24.7 Å². The fraction of sp³-hybridized carbons (Fsp3) is 0.500. The Morgan fingerprint density at radius 3 is 1.71 bits per heavy atom. The number of rotatable bonds is 5. The van der Waals surface area contributed by atoms with Crippen molar-refractivity contribution in [2.24, 2.45) is 0 Å². The van der Waals surface area contributed by atoms with Gasteiger partial charge in [-0.15, -0.1) is 0 Å². The van der Waals surface area contributed by atoms with Crippen LogP contribution in [0.4, 0.5) is 0 Å². The first-order valence-electron chi connectivity index (χ1n) is 5.57. The Hall–Kier alpha value is -1.51. The van der Waals surface area contributed by atoms with Crippen molar-refractivity contribution in [1.82, 2.24) is 0 Å². The lowest BCUT2D eigenvalue weighted by molar-refractivity contribution is -0.134. The number of carbonyl (C=O) groups is 3. The van der Waals surface area contributed by atoms with Crippen LogP contribution >= 0.6 is 0 Å². The van der Waals surface area contributed by atoms with Crippen LogP contribution in [-0.2, 0) is 14.4 Å². The van der Waals surface area contributed by atoms with Gasteiger partial charge in [0.2, 0.25) is 0 Å². The molecule has 0 aromatic carbocycles. The summed E-state index contributed by atoms with van der Waals surface area (Å²) in [5, 5.41) is 0. The second kappa shape index (κ2) is 11.0. The Morgan fingerprint density at radius 1 is 0.941 bits per heavy atom. The third kappa shape index (κ3) is 17.1. The molecule has 0 radical (unpaired) electrons. The van der Waals surface area contributed by atoms with Crippen molar-refractivity contribution in [2.45, 2.75) is 47.5 Å². The number of hydrogen-bond donors (Lipinski definition) is 0. The summed E-state index contributed by atoms with van der Waals surface area (Å²) in [6, 6.07) is 0. The fourth-order valence-electron chi connectivity index (χ4n) is 0.788. The summed E-state index contributed by atoms with van der Waals surface area (Å²) in [5.74, 6) is -0.759. The van der Waals surface area contributed by atoms with Crippen molar-refractivity contribution in [3.8, 4) is 0 Å². The topological polar surface area (TPSA) is 51.2 Å². The van der Waals surface area contributed by atoms with E-state index in [2.05, 4.69) is 19.9 Å². The Balaban J connectivity index is 0. The standard InChI is InChI=1S/C10H16O.C4H6O2/c1-9(2)5-4-6-10(3)7-8-11;1-3(5)4(2)6/h5,7-8H,4,6H2,1-3H3;1-2H3/b10-7+;. The maximum Gasteiger partial charge on any atom is 0.195 e. The molecule has 0 rings (SSSR count). The van der Waals surface area contributed by atoms with Gasteiger partial charge in [-0.05, 0) is 39.7 Å². The highest BCUT2D eigenvalue weighted by molar-refractivity contribution is 6.35. The van der Waals surface area contributed by atoms with E-state index in [0.29, 0.717) is 0 Å². The van der Waals surface area contributed by atoms with Gasteiger partial charge in [0.05, 0.1) is 0 Å². The Labute approximate surface area is 104 Å². The summed E-state index contributed by atoms with van der Waals surface area (Å²) in [6.45, 7) is 8.65. The molecule has 0 bridgehead atoms. The summed E-state index contributed by atoms with van der Waals surface area (Å²) < 4.78 is 0. The van der Waals surface area contributed by atoms with Crippen molar-refractivity contribution in [3.63, 3.8) is 0 Å². The first kappa shape index (κ1) is 17.9. The zero-order valence-electron chi connectivity index (χ0n) is 11.4. The number of aldehydes is 1. The molecule has 0 aliphatic carbocycles.